The molecule has 8 heteroatoms. The van der Waals surface area contributed by atoms with Crippen molar-refractivity contribution < 1.29 is 23.1 Å². The molecule has 1 aliphatic heterocycles. The number of aryl methyl sites for hydroxylation is 1. The first kappa shape index (κ1) is 16.2. The molecule has 2 rings (SSSR count). The minimum Gasteiger partial charge on any atom is -0.468 e. The summed E-state index contributed by atoms with van der Waals surface area (Å²) in [5.41, 5.74) is 0.824. The predicted molar refractivity (Wildman–Crippen MR) is 76.5 cm³/mol. The van der Waals surface area contributed by atoms with Crippen LogP contribution in [0.1, 0.15) is 12.0 Å². The van der Waals surface area contributed by atoms with Crippen molar-refractivity contribution in [1.82, 2.24) is 4.31 Å². The van der Waals surface area contributed by atoms with E-state index in [2.05, 4.69) is 4.74 Å². The maximum absolute atomic E-state index is 12.7. The Kier molecular flexibility index (Phi) is 4.57. The van der Waals surface area contributed by atoms with Gasteiger partial charge in [0.05, 0.1) is 18.2 Å². The summed E-state index contributed by atoms with van der Waals surface area (Å²) in [6, 6.07) is 3.52. The highest BCUT2D eigenvalue weighted by Gasteiger charge is 2.44. The van der Waals surface area contributed by atoms with Crippen molar-refractivity contribution in [3.05, 3.63) is 28.8 Å². The van der Waals surface area contributed by atoms with Gasteiger partial charge in [0, 0.05) is 13.0 Å². The molecule has 0 bridgehead atoms. The maximum Gasteiger partial charge on any atom is 0.324 e. The lowest BCUT2D eigenvalue weighted by atomic mass is 10.2. The number of carbonyl (C=O) groups is 1. The van der Waals surface area contributed by atoms with E-state index in [1.54, 1.807) is 13.0 Å². The van der Waals surface area contributed by atoms with Crippen LogP contribution in [0.5, 0.6) is 0 Å². The van der Waals surface area contributed by atoms with Crippen LogP contribution < -0.4 is 0 Å². The van der Waals surface area contributed by atoms with Crippen LogP contribution in [-0.2, 0) is 19.6 Å². The monoisotopic (exact) mass is 333 g/mol. The molecule has 1 fully saturated rings. The maximum atomic E-state index is 12.7. The van der Waals surface area contributed by atoms with Gasteiger partial charge in [-0.25, -0.2) is 8.42 Å². The molecule has 0 amide bonds. The smallest absolute Gasteiger partial charge is 0.324 e. The summed E-state index contributed by atoms with van der Waals surface area (Å²) in [6.45, 7) is 1.63. The fourth-order valence-corrected chi connectivity index (χ4v) is 4.54. The molecule has 6 nitrogen and oxygen atoms in total. The van der Waals surface area contributed by atoms with E-state index in [9.17, 15) is 18.3 Å². The Bertz CT molecular complexity index is 661. The summed E-state index contributed by atoms with van der Waals surface area (Å²) >= 11 is 6.01. The predicted octanol–water partition coefficient (Wildman–Crippen LogP) is 0.945. The molecular weight excluding hydrogens is 318 g/mol. The fourth-order valence-electron chi connectivity index (χ4n) is 2.34. The molecule has 1 N–H and O–H groups in total. The highest BCUT2D eigenvalue weighted by Crippen LogP contribution is 2.31. The number of halogens is 1. The van der Waals surface area contributed by atoms with Gasteiger partial charge in [0.1, 0.15) is 10.9 Å². The van der Waals surface area contributed by atoms with Crippen molar-refractivity contribution in [2.45, 2.75) is 30.4 Å². The van der Waals surface area contributed by atoms with E-state index in [0.29, 0.717) is 0 Å². The molecular formula is C13H16ClNO5S. The van der Waals surface area contributed by atoms with Crippen LogP contribution in [0.15, 0.2) is 23.1 Å². The molecule has 2 atom stereocenters. The van der Waals surface area contributed by atoms with Gasteiger partial charge in [0.25, 0.3) is 0 Å². The summed E-state index contributed by atoms with van der Waals surface area (Å²) < 4.78 is 30.9. The Hall–Kier alpha value is -1.15. The van der Waals surface area contributed by atoms with Crippen LogP contribution in [0.3, 0.4) is 0 Å². The third-order valence-corrected chi connectivity index (χ3v) is 5.74. The number of sulfonamides is 1. The SMILES string of the molecule is COC(=O)C1CC(O)CN1S(=O)(=O)c1ccc(C)cc1Cl. The third kappa shape index (κ3) is 3.06. The third-order valence-electron chi connectivity index (χ3n) is 3.38. The summed E-state index contributed by atoms with van der Waals surface area (Å²) in [5, 5.41) is 9.77. The zero-order valence-corrected chi connectivity index (χ0v) is 13.2. The van der Waals surface area contributed by atoms with Gasteiger partial charge >= 0.3 is 5.97 Å². The van der Waals surface area contributed by atoms with E-state index in [1.165, 1.54) is 19.2 Å². The van der Waals surface area contributed by atoms with Crippen molar-refractivity contribution in [1.29, 1.82) is 0 Å². The van der Waals surface area contributed by atoms with E-state index >= 15 is 0 Å². The number of methoxy groups -OCH3 is 1. The molecule has 2 unspecified atom stereocenters. The number of benzene rings is 1. The first-order valence-corrected chi connectivity index (χ1v) is 8.13. The highest BCUT2D eigenvalue weighted by molar-refractivity contribution is 7.89. The standard InChI is InChI=1S/C13H16ClNO5S/c1-8-3-4-12(10(14)5-8)21(18,19)15-7-9(16)6-11(15)13(17)20-2/h3-5,9,11,16H,6-7H2,1-2H3. The Morgan fingerprint density at radius 3 is 2.71 bits per heavy atom. The van der Waals surface area contributed by atoms with Crippen molar-refractivity contribution >= 4 is 27.6 Å². The van der Waals surface area contributed by atoms with Gasteiger partial charge in [-0.15, -0.1) is 0 Å². The lowest BCUT2D eigenvalue weighted by Crippen LogP contribution is -2.41. The second-order valence-corrected chi connectivity index (χ2v) is 7.20. The first-order chi connectivity index (χ1) is 9.77. The zero-order chi connectivity index (χ0) is 15.8. The molecule has 0 aliphatic carbocycles. The van der Waals surface area contributed by atoms with Gasteiger partial charge < -0.3 is 9.84 Å². The molecule has 0 radical (unpaired) electrons. The zero-order valence-electron chi connectivity index (χ0n) is 11.6. The number of hydrogen-bond donors (Lipinski definition) is 1. The minimum atomic E-state index is -3.98. The van der Waals surface area contributed by atoms with Crippen molar-refractivity contribution in [2.75, 3.05) is 13.7 Å². The van der Waals surface area contributed by atoms with E-state index in [0.717, 1.165) is 9.87 Å². The first-order valence-electron chi connectivity index (χ1n) is 6.31. The fraction of sp³-hybridized carbons (Fsp3) is 0.462. The van der Waals surface area contributed by atoms with E-state index in [4.69, 9.17) is 11.6 Å². The number of rotatable bonds is 3. The molecule has 0 saturated carbocycles. The van der Waals surface area contributed by atoms with Crippen LogP contribution in [0.2, 0.25) is 5.02 Å². The number of ether oxygens (including phenoxy) is 1. The number of aliphatic hydroxyl groups is 1. The van der Waals surface area contributed by atoms with Gasteiger partial charge in [-0.1, -0.05) is 17.7 Å². The number of aliphatic hydroxyl groups excluding tert-OH is 1. The molecule has 116 valence electrons. The Morgan fingerprint density at radius 1 is 1.48 bits per heavy atom. The van der Waals surface area contributed by atoms with Crippen LogP contribution in [0, 0.1) is 6.92 Å². The van der Waals surface area contributed by atoms with Crippen molar-refractivity contribution in [3.63, 3.8) is 0 Å². The summed E-state index contributed by atoms with van der Waals surface area (Å²) in [5.74, 6) is -0.696. The van der Waals surface area contributed by atoms with Gasteiger partial charge in [0.2, 0.25) is 10.0 Å². The Labute approximate surface area is 128 Å². The second kappa shape index (κ2) is 5.92. The van der Waals surface area contributed by atoms with Gasteiger partial charge in [-0.05, 0) is 24.6 Å². The topological polar surface area (TPSA) is 83.9 Å². The normalized spacial score (nSPS) is 23.2. The lowest BCUT2D eigenvalue weighted by molar-refractivity contribution is -0.144. The molecule has 21 heavy (non-hydrogen) atoms. The molecule has 1 aromatic rings. The summed E-state index contributed by atoms with van der Waals surface area (Å²) in [4.78, 5) is 11.6. The number of nitrogens with zero attached hydrogens (tertiary/aromatic N) is 1. The largest absolute Gasteiger partial charge is 0.468 e. The summed E-state index contributed by atoms with van der Waals surface area (Å²) in [7, 11) is -2.81. The van der Waals surface area contributed by atoms with Crippen molar-refractivity contribution in [2.24, 2.45) is 0 Å². The second-order valence-electron chi connectivity index (χ2n) is 4.94. The quantitative estimate of drug-likeness (QED) is 0.832. The lowest BCUT2D eigenvalue weighted by Gasteiger charge is -2.22. The molecule has 1 aliphatic rings. The van der Waals surface area contributed by atoms with E-state index in [1.807, 2.05) is 0 Å². The van der Waals surface area contributed by atoms with Gasteiger partial charge in [-0.3, -0.25) is 4.79 Å². The highest BCUT2D eigenvalue weighted by atomic mass is 35.5. The number of hydrogen-bond acceptors (Lipinski definition) is 5. The molecule has 1 heterocycles. The van der Waals surface area contributed by atoms with Crippen LogP contribution in [0.25, 0.3) is 0 Å². The molecule has 0 aromatic heterocycles. The van der Waals surface area contributed by atoms with E-state index < -0.39 is 28.1 Å². The summed E-state index contributed by atoms with van der Waals surface area (Å²) in [6.07, 6.45) is -0.900. The molecule has 1 saturated heterocycles. The average Bonchev–Trinajstić information content (AvgIpc) is 2.80. The van der Waals surface area contributed by atoms with Crippen LogP contribution in [-0.4, -0.2) is 49.6 Å². The van der Waals surface area contributed by atoms with Gasteiger partial charge in [-0.2, -0.15) is 4.31 Å². The Balaban J connectivity index is 2.44. The van der Waals surface area contributed by atoms with Crippen molar-refractivity contribution in [3.8, 4) is 0 Å². The molecule has 1 aromatic carbocycles. The van der Waals surface area contributed by atoms with Crippen LogP contribution in [0.4, 0.5) is 0 Å². The number of esters is 1. The number of carbonyl (C=O) groups excluding carboxylic acids is 1. The van der Waals surface area contributed by atoms with Crippen LogP contribution >= 0.6 is 11.6 Å². The minimum absolute atomic E-state index is 0.00931. The number of β-amino-alcohol motifs (C(OH)–C–C–N with tert-alkyl or cyclic N) is 1. The Morgan fingerprint density at radius 2 is 2.14 bits per heavy atom. The molecule has 0 spiro atoms. The average molecular weight is 334 g/mol. The van der Waals surface area contributed by atoms with E-state index in [-0.39, 0.29) is 22.9 Å². The van der Waals surface area contributed by atoms with Gasteiger partial charge in [0.15, 0.2) is 0 Å².